The first-order valence-corrected chi connectivity index (χ1v) is 6.08. The highest BCUT2D eigenvalue weighted by Crippen LogP contribution is 2.30. The van der Waals surface area contributed by atoms with Crippen molar-refractivity contribution in [3.05, 3.63) is 32.8 Å². The number of nitrogens with zero attached hydrogens (tertiary/aromatic N) is 2. The Hall–Kier alpha value is -1.14. The van der Waals surface area contributed by atoms with Crippen molar-refractivity contribution < 1.29 is 9.66 Å². The molecule has 1 aromatic carbocycles. The quantitative estimate of drug-likeness (QED) is 0.461. The zero-order valence-electron chi connectivity index (χ0n) is 9.85. The first-order chi connectivity index (χ1) is 8.06. The van der Waals surface area contributed by atoms with Crippen LogP contribution in [0.4, 0.5) is 11.4 Å². The molecule has 0 aromatic heterocycles. The van der Waals surface area contributed by atoms with Crippen molar-refractivity contribution in [2.75, 3.05) is 31.7 Å². The molecule has 0 aliphatic heterocycles. The summed E-state index contributed by atoms with van der Waals surface area (Å²) < 4.78 is 5.93. The molecule has 0 heterocycles. The number of ether oxygens (including phenoxy) is 1. The number of anilines is 1. The number of nitro benzene ring substituents is 1. The summed E-state index contributed by atoms with van der Waals surface area (Å²) in [5, 5.41) is 10.9. The molecule has 0 amide bonds. The monoisotopic (exact) mass is 302 g/mol. The Bertz CT molecular complexity index is 398. The Kier molecular flexibility index (Phi) is 5.37. The summed E-state index contributed by atoms with van der Waals surface area (Å²) in [6.45, 7) is 3.74. The molecule has 1 aromatic rings. The second kappa shape index (κ2) is 6.56. The van der Waals surface area contributed by atoms with Gasteiger partial charge in [0, 0.05) is 30.7 Å². The van der Waals surface area contributed by atoms with Crippen LogP contribution >= 0.6 is 15.9 Å². The molecule has 0 saturated heterocycles. The average molecular weight is 303 g/mol. The van der Waals surface area contributed by atoms with Crippen LogP contribution in [0.1, 0.15) is 6.92 Å². The van der Waals surface area contributed by atoms with E-state index in [-0.39, 0.29) is 10.6 Å². The third-order valence-electron chi connectivity index (χ3n) is 2.32. The van der Waals surface area contributed by atoms with E-state index in [0.717, 1.165) is 0 Å². The number of halogens is 1. The molecule has 0 radical (unpaired) electrons. The Morgan fingerprint density at radius 2 is 2.24 bits per heavy atom. The lowest BCUT2D eigenvalue weighted by atomic mass is 10.2. The zero-order chi connectivity index (χ0) is 12.8. The van der Waals surface area contributed by atoms with Crippen molar-refractivity contribution in [1.29, 1.82) is 0 Å². The van der Waals surface area contributed by atoms with Crippen LogP contribution < -0.4 is 4.90 Å². The van der Waals surface area contributed by atoms with Crippen LogP contribution in [0.5, 0.6) is 0 Å². The van der Waals surface area contributed by atoms with Gasteiger partial charge in [0.1, 0.15) is 5.69 Å². The molecule has 0 N–H and O–H groups in total. The molecule has 17 heavy (non-hydrogen) atoms. The smallest absolute Gasteiger partial charge is 0.293 e. The van der Waals surface area contributed by atoms with E-state index in [1.54, 1.807) is 12.1 Å². The van der Waals surface area contributed by atoms with Crippen molar-refractivity contribution in [1.82, 2.24) is 0 Å². The second-order valence-corrected chi connectivity index (χ2v) is 4.42. The molecule has 0 aliphatic carbocycles. The van der Waals surface area contributed by atoms with E-state index in [0.29, 0.717) is 29.9 Å². The van der Waals surface area contributed by atoms with Gasteiger partial charge in [-0.25, -0.2) is 0 Å². The predicted molar refractivity (Wildman–Crippen MR) is 70.6 cm³/mol. The van der Waals surface area contributed by atoms with Crippen molar-refractivity contribution in [2.45, 2.75) is 6.92 Å². The number of hydrogen-bond donors (Lipinski definition) is 0. The Morgan fingerprint density at radius 1 is 1.53 bits per heavy atom. The molecule has 1 rings (SSSR count). The van der Waals surface area contributed by atoms with Gasteiger partial charge in [-0.2, -0.15) is 0 Å². The molecule has 0 bridgehead atoms. The van der Waals surface area contributed by atoms with Gasteiger partial charge in [-0.1, -0.05) is 15.9 Å². The number of hydrogen-bond acceptors (Lipinski definition) is 4. The molecule has 0 unspecified atom stereocenters. The van der Waals surface area contributed by atoms with Gasteiger partial charge in [-0.3, -0.25) is 10.1 Å². The summed E-state index contributed by atoms with van der Waals surface area (Å²) in [6.07, 6.45) is 0. The van der Waals surface area contributed by atoms with Crippen LogP contribution in [0.3, 0.4) is 0 Å². The number of likely N-dealkylation sites (N-methyl/N-ethyl adjacent to an activating group) is 1. The lowest BCUT2D eigenvalue weighted by molar-refractivity contribution is -0.384. The first kappa shape index (κ1) is 13.9. The SMILES string of the molecule is CCOCCN(C)c1ccc(Br)cc1[N+](=O)[O-]. The maximum absolute atomic E-state index is 10.9. The lowest BCUT2D eigenvalue weighted by Gasteiger charge is -2.18. The Morgan fingerprint density at radius 3 is 2.82 bits per heavy atom. The highest BCUT2D eigenvalue weighted by atomic mass is 79.9. The molecule has 0 spiro atoms. The molecular weight excluding hydrogens is 288 g/mol. The van der Waals surface area contributed by atoms with E-state index in [4.69, 9.17) is 4.74 Å². The van der Waals surface area contributed by atoms with E-state index in [2.05, 4.69) is 15.9 Å². The van der Waals surface area contributed by atoms with Gasteiger partial charge in [-0.05, 0) is 19.1 Å². The minimum atomic E-state index is -0.378. The van der Waals surface area contributed by atoms with Crippen LogP contribution in [-0.4, -0.2) is 31.7 Å². The first-order valence-electron chi connectivity index (χ1n) is 5.29. The average Bonchev–Trinajstić information content (AvgIpc) is 2.29. The highest BCUT2D eigenvalue weighted by molar-refractivity contribution is 9.10. The second-order valence-electron chi connectivity index (χ2n) is 3.51. The molecule has 0 fully saturated rings. The maximum Gasteiger partial charge on any atom is 0.293 e. The van der Waals surface area contributed by atoms with Gasteiger partial charge < -0.3 is 9.64 Å². The molecular formula is C11H15BrN2O3. The van der Waals surface area contributed by atoms with E-state index in [9.17, 15) is 10.1 Å². The molecule has 5 nitrogen and oxygen atoms in total. The van der Waals surface area contributed by atoms with E-state index >= 15 is 0 Å². The van der Waals surface area contributed by atoms with Crippen molar-refractivity contribution >= 4 is 27.3 Å². The van der Waals surface area contributed by atoms with Crippen LogP contribution in [-0.2, 0) is 4.74 Å². The third-order valence-corrected chi connectivity index (χ3v) is 2.81. The van der Waals surface area contributed by atoms with Crippen molar-refractivity contribution in [3.8, 4) is 0 Å². The van der Waals surface area contributed by atoms with Crippen molar-refractivity contribution in [2.24, 2.45) is 0 Å². The van der Waals surface area contributed by atoms with E-state index in [1.807, 2.05) is 18.9 Å². The van der Waals surface area contributed by atoms with Gasteiger partial charge in [0.05, 0.1) is 11.5 Å². The van der Waals surface area contributed by atoms with Crippen LogP contribution in [0.15, 0.2) is 22.7 Å². The maximum atomic E-state index is 10.9. The number of nitro groups is 1. The molecule has 0 aliphatic rings. The van der Waals surface area contributed by atoms with E-state index < -0.39 is 0 Å². The summed E-state index contributed by atoms with van der Waals surface area (Å²) >= 11 is 3.23. The Labute approximate surface area is 109 Å². The lowest BCUT2D eigenvalue weighted by Crippen LogP contribution is -2.23. The number of rotatable bonds is 6. The van der Waals surface area contributed by atoms with Crippen LogP contribution in [0.25, 0.3) is 0 Å². The number of benzene rings is 1. The van der Waals surface area contributed by atoms with Gasteiger partial charge in [0.25, 0.3) is 5.69 Å². The Balaban J connectivity index is 2.84. The minimum absolute atomic E-state index is 0.0957. The van der Waals surface area contributed by atoms with Crippen LogP contribution in [0, 0.1) is 10.1 Å². The summed E-state index contributed by atoms with van der Waals surface area (Å²) in [5.74, 6) is 0. The van der Waals surface area contributed by atoms with Gasteiger partial charge >= 0.3 is 0 Å². The predicted octanol–water partition coefficient (Wildman–Crippen LogP) is 2.83. The largest absolute Gasteiger partial charge is 0.380 e. The molecule has 94 valence electrons. The zero-order valence-corrected chi connectivity index (χ0v) is 11.4. The topological polar surface area (TPSA) is 55.6 Å². The molecule has 0 atom stereocenters. The third kappa shape index (κ3) is 3.98. The summed E-state index contributed by atoms with van der Waals surface area (Å²) in [5.41, 5.74) is 0.691. The standard InChI is InChI=1S/C11H15BrN2O3/c1-3-17-7-6-13(2)10-5-4-9(12)8-11(10)14(15)16/h4-5,8H,3,6-7H2,1-2H3. The van der Waals surface area contributed by atoms with Crippen LogP contribution in [0.2, 0.25) is 0 Å². The molecule has 6 heteroatoms. The summed E-state index contributed by atoms with van der Waals surface area (Å²) in [6, 6.07) is 5.03. The van der Waals surface area contributed by atoms with E-state index in [1.165, 1.54) is 6.07 Å². The fourth-order valence-electron chi connectivity index (χ4n) is 1.43. The van der Waals surface area contributed by atoms with Gasteiger partial charge in [0.15, 0.2) is 0 Å². The molecule has 0 saturated carbocycles. The van der Waals surface area contributed by atoms with Gasteiger partial charge in [-0.15, -0.1) is 0 Å². The minimum Gasteiger partial charge on any atom is -0.380 e. The summed E-state index contributed by atoms with van der Waals surface area (Å²) in [7, 11) is 1.81. The fourth-order valence-corrected chi connectivity index (χ4v) is 1.78. The highest BCUT2D eigenvalue weighted by Gasteiger charge is 2.17. The fraction of sp³-hybridized carbons (Fsp3) is 0.455. The summed E-state index contributed by atoms with van der Waals surface area (Å²) in [4.78, 5) is 12.4. The normalized spacial score (nSPS) is 10.3. The van der Waals surface area contributed by atoms with Gasteiger partial charge in [0.2, 0.25) is 0 Å². The van der Waals surface area contributed by atoms with Crippen molar-refractivity contribution in [3.63, 3.8) is 0 Å².